The molecule has 6 atom stereocenters. The van der Waals surface area contributed by atoms with E-state index in [1.54, 1.807) is 22.0 Å². The lowest BCUT2D eigenvalue weighted by Gasteiger charge is -2.57. The van der Waals surface area contributed by atoms with Gasteiger partial charge in [-0.1, -0.05) is 76.2 Å². The number of carbonyl (C=O) groups is 2. The van der Waals surface area contributed by atoms with E-state index >= 15 is 0 Å². The van der Waals surface area contributed by atoms with Gasteiger partial charge in [0.15, 0.2) is 11.3 Å². The minimum atomic E-state index is -1.56. The number of aliphatic hydroxyl groups is 2. The first kappa shape index (κ1) is 25.4. The normalized spacial score (nSPS) is 37.0. The molecular weight excluding hydrogens is 504 g/mol. The van der Waals surface area contributed by atoms with Crippen molar-refractivity contribution in [1.29, 1.82) is 0 Å². The molecule has 2 aromatic rings. The van der Waals surface area contributed by atoms with Gasteiger partial charge in [-0.2, -0.15) is 0 Å². The highest BCUT2D eigenvalue weighted by Gasteiger charge is 2.81. The van der Waals surface area contributed by atoms with Crippen molar-refractivity contribution in [2.45, 2.75) is 75.1 Å². The predicted octanol–water partition coefficient (Wildman–Crippen LogP) is 3.65. The van der Waals surface area contributed by atoms with E-state index in [4.69, 9.17) is 0 Å². The van der Waals surface area contributed by atoms with Gasteiger partial charge in [-0.15, -0.1) is 13.2 Å². The van der Waals surface area contributed by atoms with Gasteiger partial charge in [0, 0.05) is 46.2 Å². The van der Waals surface area contributed by atoms with E-state index < -0.39 is 45.4 Å². The summed E-state index contributed by atoms with van der Waals surface area (Å²) in [6.45, 7) is 15.8. The summed E-state index contributed by atoms with van der Waals surface area (Å²) >= 11 is 0. The van der Waals surface area contributed by atoms with Crippen molar-refractivity contribution in [2.24, 2.45) is 10.8 Å². The van der Waals surface area contributed by atoms with Crippen molar-refractivity contribution >= 4 is 23.2 Å². The maximum Gasteiger partial charge on any atom is 0.248 e. The van der Waals surface area contributed by atoms with Gasteiger partial charge in [0.05, 0.1) is 0 Å². The third-order valence-corrected chi connectivity index (χ3v) is 10.8. The first-order valence-electron chi connectivity index (χ1n) is 13.9. The molecule has 4 N–H and O–H groups in total. The summed E-state index contributed by atoms with van der Waals surface area (Å²) in [6, 6.07) is 13.0. The molecule has 7 rings (SSSR count). The second-order valence-electron chi connectivity index (χ2n) is 13.2. The lowest BCUT2D eigenvalue weighted by atomic mass is 9.68. The SMILES string of the molecule is C=CC(C)(C)[C@]12Nc3ccccc3[C@@]1(O)C[C@H]1C(=O)N3[C@@H](C[C@]4(O)c5ccccc5N[C@]34C(C)(C)C=C)C(=O)N12. The molecule has 0 aromatic heterocycles. The zero-order valence-corrected chi connectivity index (χ0v) is 23.4. The fourth-order valence-corrected chi connectivity index (χ4v) is 8.79. The molecule has 2 amide bonds. The molecule has 5 heterocycles. The standard InChI is InChI=1S/C32H36N4O4/c1-7-27(3,4)31-29(39,19-13-9-11-15-21(19)33-31)17-23-26(38)36-24(25(37)35(23)31)18-30(40)20-14-10-12-16-22(20)34-32(30,36)28(5,6)8-2/h7-16,23-24,33-34,39-40H,1-2,17-18H2,3-6H3/t23-,24-,29-,30-,31+,32+/m0/s1. The second-order valence-corrected chi connectivity index (χ2v) is 13.2. The number of nitrogens with zero attached hydrogens (tertiary/aromatic N) is 2. The van der Waals surface area contributed by atoms with E-state index in [2.05, 4.69) is 23.8 Å². The summed E-state index contributed by atoms with van der Waals surface area (Å²) in [6.07, 6.45) is 3.50. The van der Waals surface area contributed by atoms with Crippen LogP contribution in [0.4, 0.5) is 11.4 Å². The number of para-hydroxylation sites is 2. The first-order chi connectivity index (χ1) is 18.8. The van der Waals surface area contributed by atoms with Crippen LogP contribution in [0.15, 0.2) is 73.8 Å². The number of carbonyl (C=O) groups excluding carboxylic acids is 2. The van der Waals surface area contributed by atoms with Crippen LogP contribution < -0.4 is 10.6 Å². The van der Waals surface area contributed by atoms with E-state index in [0.29, 0.717) is 11.1 Å². The molecule has 208 valence electrons. The molecule has 3 saturated heterocycles. The molecule has 8 heteroatoms. The molecule has 0 bridgehead atoms. The highest BCUT2D eigenvalue weighted by molar-refractivity contribution is 6.02. The van der Waals surface area contributed by atoms with Gasteiger partial charge >= 0.3 is 0 Å². The smallest absolute Gasteiger partial charge is 0.248 e. The molecule has 5 aliphatic rings. The fraction of sp³-hybridized carbons (Fsp3) is 0.438. The number of hydrogen-bond donors (Lipinski definition) is 4. The minimum Gasteiger partial charge on any atom is -0.380 e. The first-order valence-corrected chi connectivity index (χ1v) is 13.9. The van der Waals surface area contributed by atoms with Crippen molar-refractivity contribution in [3.8, 4) is 0 Å². The lowest BCUT2D eigenvalue weighted by Crippen LogP contribution is -2.77. The molecule has 0 spiro atoms. The number of nitrogens with one attached hydrogen (secondary N) is 2. The van der Waals surface area contributed by atoms with Gasteiger partial charge in [0.2, 0.25) is 11.8 Å². The number of hydrogen-bond acceptors (Lipinski definition) is 6. The Balaban J connectivity index is 1.46. The van der Waals surface area contributed by atoms with Gasteiger partial charge in [0.25, 0.3) is 0 Å². The average Bonchev–Trinajstić information content (AvgIpc) is 3.55. The monoisotopic (exact) mass is 540 g/mol. The molecule has 40 heavy (non-hydrogen) atoms. The van der Waals surface area contributed by atoms with Crippen LogP contribution in [-0.4, -0.2) is 55.2 Å². The molecule has 5 aliphatic heterocycles. The molecule has 0 saturated carbocycles. The van der Waals surface area contributed by atoms with E-state index in [0.717, 1.165) is 11.4 Å². The Morgan fingerprint density at radius 1 is 0.750 bits per heavy atom. The summed E-state index contributed by atoms with van der Waals surface area (Å²) in [4.78, 5) is 32.9. The Hall–Kier alpha value is -3.62. The van der Waals surface area contributed by atoms with Gasteiger partial charge in [-0.3, -0.25) is 9.59 Å². The number of anilines is 2. The Morgan fingerprint density at radius 2 is 1.10 bits per heavy atom. The fourth-order valence-electron chi connectivity index (χ4n) is 8.79. The van der Waals surface area contributed by atoms with Gasteiger partial charge in [-0.25, -0.2) is 0 Å². The highest BCUT2D eigenvalue weighted by atomic mass is 16.3. The van der Waals surface area contributed by atoms with Crippen LogP contribution in [0.5, 0.6) is 0 Å². The van der Waals surface area contributed by atoms with Crippen LogP contribution in [0.25, 0.3) is 0 Å². The second kappa shape index (κ2) is 7.17. The maximum absolute atomic E-state index is 14.9. The number of fused-ring (bicyclic) bond motifs is 10. The summed E-state index contributed by atoms with van der Waals surface area (Å²) in [7, 11) is 0. The Bertz CT molecular complexity index is 1420. The van der Waals surface area contributed by atoms with E-state index in [-0.39, 0.29) is 24.7 Å². The predicted molar refractivity (Wildman–Crippen MR) is 152 cm³/mol. The zero-order valence-electron chi connectivity index (χ0n) is 23.4. The Kier molecular flexibility index (Phi) is 4.54. The summed E-state index contributed by atoms with van der Waals surface area (Å²) < 4.78 is 0. The largest absolute Gasteiger partial charge is 0.380 e. The Morgan fingerprint density at radius 3 is 1.45 bits per heavy atom. The number of piperazine rings is 1. The van der Waals surface area contributed by atoms with Crippen LogP contribution >= 0.6 is 0 Å². The number of amides is 2. The molecule has 8 nitrogen and oxygen atoms in total. The topological polar surface area (TPSA) is 105 Å². The molecule has 3 fully saturated rings. The summed E-state index contributed by atoms with van der Waals surface area (Å²) in [5.41, 5.74) is -4.76. The van der Waals surface area contributed by atoms with Crippen LogP contribution in [0.2, 0.25) is 0 Å². The molecule has 0 unspecified atom stereocenters. The van der Waals surface area contributed by atoms with Crippen molar-refractivity contribution in [3.05, 3.63) is 85.0 Å². The lowest BCUT2D eigenvalue weighted by molar-refractivity contribution is -0.178. The quantitative estimate of drug-likeness (QED) is 0.442. The zero-order chi connectivity index (χ0) is 28.7. The van der Waals surface area contributed by atoms with Crippen molar-refractivity contribution in [1.82, 2.24) is 9.80 Å². The number of benzene rings is 2. The van der Waals surface area contributed by atoms with E-state index in [1.165, 1.54) is 0 Å². The van der Waals surface area contributed by atoms with Crippen LogP contribution in [0, 0.1) is 10.8 Å². The average molecular weight is 541 g/mol. The van der Waals surface area contributed by atoms with Gasteiger partial charge in [-0.05, 0) is 12.1 Å². The van der Waals surface area contributed by atoms with Crippen LogP contribution in [-0.2, 0) is 20.8 Å². The van der Waals surface area contributed by atoms with Gasteiger partial charge in [0.1, 0.15) is 23.3 Å². The molecule has 0 radical (unpaired) electrons. The molecule has 2 aromatic carbocycles. The number of rotatable bonds is 4. The van der Waals surface area contributed by atoms with E-state index in [1.807, 2.05) is 76.2 Å². The summed E-state index contributed by atoms with van der Waals surface area (Å²) in [5.74, 6) is -0.616. The maximum atomic E-state index is 14.9. The Labute approximate surface area is 234 Å². The van der Waals surface area contributed by atoms with Crippen molar-refractivity contribution < 1.29 is 19.8 Å². The summed E-state index contributed by atoms with van der Waals surface area (Å²) in [5, 5.41) is 32.3. The van der Waals surface area contributed by atoms with Gasteiger partial charge < -0.3 is 30.6 Å². The highest BCUT2D eigenvalue weighted by Crippen LogP contribution is 2.68. The molecular formula is C32H36N4O4. The minimum absolute atomic E-state index is 0.0120. The van der Waals surface area contributed by atoms with Crippen LogP contribution in [0.1, 0.15) is 51.7 Å². The van der Waals surface area contributed by atoms with Crippen molar-refractivity contribution in [3.63, 3.8) is 0 Å². The van der Waals surface area contributed by atoms with Crippen molar-refractivity contribution in [2.75, 3.05) is 10.6 Å². The van der Waals surface area contributed by atoms with Crippen LogP contribution in [0.3, 0.4) is 0 Å². The van der Waals surface area contributed by atoms with E-state index in [9.17, 15) is 19.8 Å². The molecule has 0 aliphatic carbocycles. The third-order valence-electron chi connectivity index (χ3n) is 10.8. The third kappa shape index (κ3) is 2.32.